The molecule has 1 N–H and O–H groups in total. The van der Waals surface area contributed by atoms with Crippen LogP contribution in [0.5, 0.6) is 0 Å². The van der Waals surface area contributed by atoms with Crippen LogP contribution >= 0.6 is 0 Å². The minimum absolute atomic E-state index is 0.245. The molecule has 0 aromatic carbocycles. The molecule has 4 heteroatoms. The molecule has 0 aromatic rings. The molecule has 4 atom stereocenters. The van der Waals surface area contributed by atoms with Crippen molar-refractivity contribution in [2.75, 3.05) is 34.4 Å². The first kappa shape index (κ1) is 13.3. The molecule has 1 heterocycles. The summed E-state index contributed by atoms with van der Waals surface area (Å²) in [4.78, 5) is 2.56. The Morgan fingerprint density at radius 2 is 1.71 bits per heavy atom. The summed E-state index contributed by atoms with van der Waals surface area (Å²) in [5, 5.41) is 3.42. The molecule has 0 bridgehead atoms. The summed E-state index contributed by atoms with van der Waals surface area (Å²) in [6.07, 6.45) is 5.74. The predicted octanol–water partition coefficient (Wildman–Crippen LogP) is 0.863. The monoisotopic (exact) mass is 242 g/mol. The number of nitrogens with zero attached hydrogens (tertiary/aromatic N) is 1. The third-order valence-corrected chi connectivity index (χ3v) is 4.42. The highest BCUT2D eigenvalue weighted by molar-refractivity contribution is 4.92. The smallest absolute Gasteiger partial charge is 0.0971 e. The Hall–Kier alpha value is -0.160. The lowest BCUT2D eigenvalue weighted by molar-refractivity contribution is -0.00461. The van der Waals surface area contributed by atoms with Crippen molar-refractivity contribution in [3.05, 3.63) is 0 Å². The first-order valence-corrected chi connectivity index (χ1v) is 6.75. The van der Waals surface area contributed by atoms with E-state index in [2.05, 4.69) is 17.3 Å². The van der Waals surface area contributed by atoms with Gasteiger partial charge in [-0.3, -0.25) is 4.90 Å². The highest BCUT2D eigenvalue weighted by Gasteiger charge is 2.37. The Bertz CT molecular complexity index is 225. The third kappa shape index (κ3) is 2.99. The third-order valence-electron chi connectivity index (χ3n) is 4.42. The number of methoxy groups -OCH3 is 2. The van der Waals surface area contributed by atoms with E-state index in [0.29, 0.717) is 12.1 Å². The summed E-state index contributed by atoms with van der Waals surface area (Å²) in [7, 11) is 5.65. The summed E-state index contributed by atoms with van der Waals surface area (Å²) in [6, 6.07) is 1.40. The first-order chi connectivity index (χ1) is 8.28. The number of hydrogen-bond acceptors (Lipinski definition) is 4. The average molecular weight is 242 g/mol. The highest BCUT2D eigenvalue weighted by atomic mass is 16.5. The standard InChI is InChI=1S/C13H26N2O2/c1-14-10-5-4-6-11(7-10)15-8-12(16-2)13(9-15)17-3/h10-14H,4-9H2,1-3H3. The molecule has 2 fully saturated rings. The van der Waals surface area contributed by atoms with Gasteiger partial charge in [0.25, 0.3) is 0 Å². The number of rotatable bonds is 4. The summed E-state index contributed by atoms with van der Waals surface area (Å²) >= 11 is 0. The topological polar surface area (TPSA) is 33.7 Å². The Morgan fingerprint density at radius 3 is 2.24 bits per heavy atom. The van der Waals surface area contributed by atoms with E-state index in [0.717, 1.165) is 13.1 Å². The molecule has 1 aliphatic carbocycles. The molecule has 0 radical (unpaired) electrons. The molecular formula is C13H26N2O2. The van der Waals surface area contributed by atoms with Gasteiger partial charge in [0.2, 0.25) is 0 Å². The van der Waals surface area contributed by atoms with E-state index in [9.17, 15) is 0 Å². The van der Waals surface area contributed by atoms with Crippen molar-refractivity contribution in [3.63, 3.8) is 0 Å². The Morgan fingerprint density at radius 1 is 1.06 bits per heavy atom. The van der Waals surface area contributed by atoms with Gasteiger partial charge in [-0.05, 0) is 26.3 Å². The summed E-state index contributed by atoms with van der Waals surface area (Å²) in [6.45, 7) is 2.05. The van der Waals surface area contributed by atoms with Gasteiger partial charge in [0.1, 0.15) is 0 Å². The highest BCUT2D eigenvalue weighted by Crippen LogP contribution is 2.27. The van der Waals surface area contributed by atoms with Crippen molar-refractivity contribution in [1.82, 2.24) is 10.2 Å². The van der Waals surface area contributed by atoms with Crippen LogP contribution in [0.3, 0.4) is 0 Å². The second-order valence-corrected chi connectivity index (χ2v) is 5.31. The zero-order valence-corrected chi connectivity index (χ0v) is 11.3. The van der Waals surface area contributed by atoms with Gasteiger partial charge in [-0.2, -0.15) is 0 Å². The van der Waals surface area contributed by atoms with Crippen LogP contribution < -0.4 is 5.32 Å². The van der Waals surface area contributed by atoms with Gasteiger partial charge in [0, 0.05) is 39.4 Å². The van der Waals surface area contributed by atoms with Crippen LogP contribution in [0.1, 0.15) is 25.7 Å². The largest absolute Gasteiger partial charge is 0.377 e. The van der Waals surface area contributed by atoms with Crippen molar-refractivity contribution in [3.8, 4) is 0 Å². The van der Waals surface area contributed by atoms with Gasteiger partial charge in [0.05, 0.1) is 12.2 Å². The quantitative estimate of drug-likeness (QED) is 0.793. The fourth-order valence-corrected chi connectivity index (χ4v) is 3.28. The Labute approximate surface area is 105 Å². The van der Waals surface area contributed by atoms with E-state index in [1.165, 1.54) is 25.7 Å². The van der Waals surface area contributed by atoms with Crippen LogP contribution in [0.15, 0.2) is 0 Å². The van der Waals surface area contributed by atoms with Crippen LogP contribution in [0.25, 0.3) is 0 Å². The molecule has 1 aliphatic heterocycles. The van der Waals surface area contributed by atoms with Gasteiger partial charge in [0.15, 0.2) is 0 Å². The molecule has 1 saturated heterocycles. The van der Waals surface area contributed by atoms with Crippen molar-refractivity contribution >= 4 is 0 Å². The normalized spacial score (nSPS) is 39.7. The van der Waals surface area contributed by atoms with Gasteiger partial charge < -0.3 is 14.8 Å². The fraction of sp³-hybridized carbons (Fsp3) is 1.00. The molecule has 0 aromatic heterocycles. The van der Waals surface area contributed by atoms with E-state index < -0.39 is 0 Å². The molecule has 0 amide bonds. The lowest BCUT2D eigenvalue weighted by Crippen LogP contribution is -2.43. The van der Waals surface area contributed by atoms with E-state index in [-0.39, 0.29) is 12.2 Å². The van der Waals surface area contributed by atoms with Crippen molar-refractivity contribution in [2.45, 2.75) is 50.0 Å². The Kier molecular flexibility index (Phi) is 4.79. The zero-order chi connectivity index (χ0) is 12.3. The lowest BCUT2D eigenvalue weighted by atomic mass is 9.90. The van der Waals surface area contributed by atoms with E-state index in [1.54, 1.807) is 14.2 Å². The summed E-state index contributed by atoms with van der Waals surface area (Å²) in [5.41, 5.74) is 0. The van der Waals surface area contributed by atoms with E-state index in [4.69, 9.17) is 9.47 Å². The van der Waals surface area contributed by atoms with Crippen LogP contribution in [-0.2, 0) is 9.47 Å². The Balaban J connectivity index is 1.90. The molecule has 4 unspecified atom stereocenters. The molecule has 1 saturated carbocycles. The van der Waals surface area contributed by atoms with Crippen molar-refractivity contribution in [1.29, 1.82) is 0 Å². The minimum atomic E-state index is 0.245. The van der Waals surface area contributed by atoms with Crippen LogP contribution in [0, 0.1) is 0 Å². The number of nitrogens with one attached hydrogen (secondary N) is 1. The van der Waals surface area contributed by atoms with Crippen molar-refractivity contribution < 1.29 is 9.47 Å². The average Bonchev–Trinajstić information content (AvgIpc) is 2.82. The number of ether oxygens (including phenoxy) is 2. The minimum Gasteiger partial charge on any atom is -0.377 e. The molecular weight excluding hydrogens is 216 g/mol. The van der Waals surface area contributed by atoms with Crippen LogP contribution in [-0.4, -0.2) is 63.5 Å². The number of hydrogen-bond donors (Lipinski definition) is 1. The summed E-state index contributed by atoms with van der Waals surface area (Å²) in [5.74, 6) is 0. The zero-order valence-electron chi connectivity index (χ0n) is 11.3. The first-order valence-electron chi connectivity index (χ1n) is 6.75. The second kappa shape index (κ2) is 6.14. The van der Waals surface area contributed by atoms with Gasteiger partial charge in [-0.1, -0.05) is 6.42 Å². The van der Waals surface area contributed by atoms with E-state index in [1.807, 2.05) is 0 Å². The van der Waals surface area contributed by atoms with Gasteiger partial charge in [-0.15, -0.1) is 0 Å². The maximum absolute atomic E-state index is 5.51. The molecule has 100 valence electrons. The SMILES string of the molecule is CNC1CCCC(N2CC(OC)C(OC)C2)C1. The fourth-order valence-electron chi connectivity index (χ4n) is 3.28. The molecule has 4 nitrogen and oxygen atoms in total. The molecule has 0 spiro atoms. The van der Waals surface area contributed by atoms with Crippen LogP contribution in [0.4, 0.5) is 0 Å². The van der Waals surface area contributed by atoms with E-state index >= 15 is 0 Å². The maximum Gasteiger partial charge on any atom is 0.0971 e. The molecule has 2 rings (SSSR count). The maximum atomic E-state index is 5.51. The lowest BCUT2D eigenvalue weighted by Gasteiger charge is -2.35. The predicted molar refractivity (Wildman–Crippen MR) is 68.3 cm³/mol. The van der Waals surface area contributed by atoms with Gasteiger partial charge >= 0.3 is 0 Å². The van der Waals surface area contributed by atoms with Crippen molar-refractivity contribution in [2.24, 2.45) is 0 Å². The number of likely N-dealkylation sites (tertiary alicyclic amines) is 1. The van der Waals surface area contributed by atoms with Crippen LogP contribution in [0.2, 0.25) is 0 Å². The van der Waals surface area contributed by atoms with Gasteiger partial charge in [-0.25, -0.2) is 0 Å². The molecule has 17 heavy (non-hydrogen) atoms. The second-order valence-electron chi connectivity index (χ2n) is 5.31. The molecule has 2 aliphatic rings. The summed E-state index contributed by atoms with van der Waals surface area (Å²) < 4.78 is 11.0.